The molecule has 0 aliphatic carbocycles. The lowest BCUT2D eigenvalue weighted by atomic mass is 9.86. The topological polar surface area (TPSA) is 89.9 Å². The van der Waals surface area contributed by atoms with E-state index < -0.39 is 6.09 Å². The van der Waals surface area contributed by atoms with Gasteiger partial charge in [-0.2, -0.15) is 0 Å². The highest BCUT2D eigenvalue weighted by Crippen LogP contribution is 2.32. The summed E-state index contributed by atoms with van der Waals surface area (Å²) in [5.74, 6) is 0.651. The first kappa shape index (κ1) is 20.2. The van der Waals surface area contributed by atoms with Gasteiger partial charge in [-0.05, 0) is 30.0 Å². The van der Waals surface area contributed by atoms with Crippen LogP contribution >= 0.6 is 0 Å². The molecule has 0 unspecified atom stereocenters. The van der Waals surface area contributed by atoms with Gasteiger partial charge < -0.3 is 9.47 Å². The van der Waals surface area contributed by atoms with Crippen LogP contribution in [0.5, 0.6) is 0 Å². The fraction of sp³-hybridized carbons (Fsp3) is 0.391. The number of ether oxygens (including phenoxy) is 2. The minimum Gasteiger partial charge on any atom is -0.453 e. The molecule has 0 saturated carbocycles. The fourth-order valence-electron chi connectivity index (χ4n) is 4.09. The van der Waals surface area contributed by atoms with Gasteiger partial charge in [0, 0.05) is 42.8 Å². The summed E-state index contributed by atoms with van der Waals surface area (Å²) in [6, 6.07) is 12.0. The average molecular weight is 407 g/mol. The number of alkyl carbamates (subject to hydrolysis) is 1. The molecule has 1 aromatic heterocycles. The summed E-state index contributed by atoms with van der Waals surface area (Å²) in [6.07, 6.45) is 3.90. The number of fused-ring (bicyclic) bond motifs is 1. The molecule has 1 fully saturated rings. The monoisotopic (exact) mass is 407 g/mol. The highest BCUT2D eigenvalue weighted by Gasteiger charge is 2.29. The third kappa shape index (κ3) is 4.57. The molecule has 2 aromatic rings. The number of amides is 1. The first-order chi connectivity index (χ1) is 14.6. The van der Waals surface area contributed by atoms with E-state index in [0.717, 1.165) is 36.1 Å². The second kappa shape index (κ2) is 9.17. The van der Waals surface area contributed by atoms with Gasteiger partial charge in [-0.1, -0.05) is 30.3 Å². The van der Waals surface area contributed by atoms with E-state index >= 15 is 0 Å². The summed E-state index contributed by atoms with van der Waals surface area (Å²) in [4.78, 5) is 33.1. The maximum absolute atomic E-state index is 12.9. The normalized spacial score (nSPS) is 18.4. The van der Waals surface area contributed by atoms with Crippen molar-refractivity contribution in [2.75, 3.05) is 13.7 Å². The Labute approximate surface area is 175 Å². The van der Waals surface area contributed by atoms with Crippen LogP contribution in [-0.4, -0.2) is 42.5 Å². The van der Waals surface area contributed by atoms with Gasteiger partial charge in [0.2, 0.25) is 0 Å². The Bertz CT molecular complexity index is 952. The molecule has 2 atom stereocenters. The third-order valence-electron chi connectivity index (χ3n) is 5.58. The van der Waals surface area contributed by atoms with E-state index in [-0.39, 0.29) is 24.2 Å². The predicted molar refractivity (Wildman–Crippen MR) is 112 cm³/mol. The highest BCUT2D eigenvalue weighted by atomic mass is 16.5. The molecule has 30 heavy (non-hydrogen) atoms. The number of nitrogens with one attached hydrogen (secondary N) is 1. The van der Waals surface area contributed by atoms with E-state index in [4.69, 9.17) is 4.74 Å². The van der Waals surface area contributed by atoms with E-state index in [9.17, 15) is 9.59 Å². The van der Waals surface area contributed by atoms with Crippen LogP contribution in [0.4, 0.5) is 4.79 Å². The van der Waals surface area contributed by atoms with Crippen molar-refractivity contribution in [3.8, 4) is 0 Å². The van der Waals surface area contributed by atoms with Crippen molar-refractivity contribution in [1.82, 2.24) is 10.3 Å². The van der Waals surface area contributed by atoms with Crippen molar-refractivity contribution in [3.05, 3.63) is 65.0 Å². The number of hydrogen-bond donors (Lipinski definition) is 1. The lowest BCUT2D eigenvalue weighted by molar-refractivity contribution is -0.119. The van der Waals surface area contributed by atoms with E-state index in [0.29, 0.717) is 24.5 Å². The number of carbonyl (C=O) groups is 2. The van der Waals surface area contributed by atoms with Crippen LogP contribution in [0.3, 0.4) is 0 Å². The number of nitrogens with zero attached hydrogens (tertiary/aromatic N) is 2. The van der Waals surface area contributed by atoms with Gasteiger partial charge in [0.15, 0.2) is 0 Å². The Hall–Kier alpha value is -3.06. The number of hydrogen-bond acceptors (Lipinski definition) is 6. The maximum Gasteiger partial charge on any atom is 0.412 e. The van der Waals surface area contributed by atoms with Gasteiger partial charge >= 0.3 is 6.09 Å². The molecular formula is C23H25N3O4. The average Bonchev–Trinajstić information content (AvgIpc) is 3.43. The molecule has 156 valence electrons. The van der Waals surface area contributed by atoms with Crippen molar-refractivity contribution in [1.29, 1.82) is 0 Å². The van der Waals surface area contributed by atoms with E-state index in [2.05, 4.69) is 32.2 Å². The Balaban J connectivity index is 1.43. The second-order valence-corrected chi connectivity index (χ2v) is 7.60. The molecule has 0 spiro atoms. The molecule has 2 aliphatic rings. The van der Waals surface area contributed by atoms with Crippen LogP contribution in [0.15, 0.2) is 47.6 Å². The molecule has 3 heterocycles. The number of Topliss-reactive ketones (excluding diaryl/α,β-unsaturated/α-hetero) is 1. The van der Waals surface area contributed by atoms with Crippen molar-refractivity contribution in [2.24, 2.45) is 4.99 Å². The zero-order chi connectivity index (χ0) is 20.9. The number of amidine groups is 1. The minimum atomic E-state index is -0.568. The van der Waals surface area contributed by atoms with Gasteiger partial charge in [0.25, 0.3) is 0 Å². The van der Waals surface area contributed by atoms with Crippen molar-refractivity contribution in [3.63, 3.8) is 0 Å². The number of rotatable bonds is 6. The van der Waals surface area contributed by atoms with Crippen molar-refractivity contribution in [2.45, 2.75) is 44.2 Å². The molecule has 1 aromatic carbocycles. The summed E-state index contributed by atoms with van der Waals surface area (Å²) < 4.78 is 10.5. The zero-order valence-electron chi connectivity index (χ0n) is 17.0. The first-order valence-corrected chi connectivity index (χ1v) is 10.2. The number of pyridine rings is 1. The Morgan fingerprint density at radius 2 is 2.13 bits per heavy atom. The highest BCUT2D eigenvalue weighted by molar-refractivity contribution is 6.08. The van der Waals surface area contributed by atoms with Gasteiger partial charge in [0.1, 0.15) is 11.6 Å². The molecule has 7 nitrogen and oxygen atoms in total. The zero-order valence-corrected chi connectivity index (χ0v) is 17.0. The Morgan fingerprint density at radius 3 is 2.87 bits per heavy atom. The minimum absolute atomic E-state index is 0.0646. The third-order valence-corrected chi connectivity index (χ3v) is 5.58. The molecule has 7 heteroatoms. The maximum atomic E-state index is 12.9. The predicted octanol–water partition coefficient (Wildman–Crippen LogP) is 3.16. The van der Waals surface area contributed by atoms with Crippen LogP contribution in [0.2, 0.25) is 0 Å². The van der Waals surface area contributed by atoms with Gasteiger partial charge in [-0.15, -0.1) is 0 Å². The lowest BCUT2D eigenvalue weighted by Crippen LogP contribution is -2.30. The fourth-order valence-corrected chi connectivity index (χ4v) is 4.09. The van der Waals surface area contributed by atoms with E-state index in [1.54, 1.807) is 6.20 Å². The molecular weight excluding hydrogens is 382 g/mol. The second-order valence-electron chi connectivity index (χ2n) is 7.60. The summed E-state index contributed by atoms with van der Waals surface area (Å²) >= 11 is 0. The lowest BCUT2D eigenvalue weighted by Gasteiger charge is -2.23. The Kier molecular flexibility index (Phi) is 6.18. The number of carbonyl (C=O) groups excluding carboxylic acids is 2. The van der Waals surface area contributed by atoms with Gasteiger partial charge in [-0.25, -0.2) is 4.79 Å². The van der Waals surface area contributed by atoms with Crippen LogP contribution in [0, 0.1) is 0 Å². The van der Waals surface area contributed by atoms with Gasteiger partial charge in [-0.3, -0.25) is 20.1 Å². The van der Waals surface area contributed by atoms with Crippen molar-refractivity contribution >= 4 is 17.7 Å². The molecule has 0 bridgehead atoms. The molecule has 1 amide bonds. The number of ketones is 1. The first-order valence-electron chi connectivity index (χ1n) is 10.2. The van der Waals surface area contributed by atoms with Crippen molar-refractivity contribution < 1.29 is 19.1 Å². The molecule has 1 N–H and O–H groups in total. The summed E-state index contributed by atoms with van der Waals surface area (Å²) in [7, 11) is 1.30. The van der Waals surface area contributed by atoms with E-state index in [1.807, 2.05) is 24.3 Å². The SMILES string of the molecule is COC(=O)NC1=NCc2cc(CC(=O)C[C@@H](c3ccccc3)[C@H]3CCCO3)ncc21. The van der Waals surface area contributed by atoms with Crippen LogP contribution in [0.1, 0.15) is 47.6 Å². The number of aromatic nitrogens is 1. The van der Waals surface area contributed by atoms with Crippen LogP contribution in [0.25, 0.3) is 0 Å². The molecule has 0 radical (unpaired) electrons. The molecule has 1 saturated heterocycles. The number of methoxy groups -OCH3 is 1. The largest absolute Gasteiger partial charge is 0.453 e. The van der Waals surface area contributed by atoms with E-state index in [1.165, 1.54) is 7.11 Å². The quantitative estimate of drug-likeness (QED) is 0.794. The van der Waals surface area contributed by atoms with Crippen LogP contribution in [-0.2, 0) is 27.2 Å². The number of benzene rings is 1. The molecule has 4 rings (SSSR count). The summed E-state index contributed by atoms with van der Waals surface area (Å²) in [6.45, 7) is 1.21. The summed E-state index contributed by atoms with van der Waals surface area (Å²) in [5, 5.41) is 2.59. The Morgan fingerprint density at radius 1 is 1.30 bits per heavy atom. The van der Waals surface area contributed by atoms with Crippen LogP contribution < -0.4 is 5.32 Å². The smallest absolute Gasteiger partial charge is 0.412 e. The van der Waals surface area contributed by atoms with Gasteiger partial charge in [0.05, 0.1) is 19.8 Å². The number of aliphatic imine (C=N–C) groups is 1. The standard InChI is InChI=1S/C23H25N3O4/c1-29-23(28)26-22-20-14-24-17(10-16(20)13-25-22)11-18(27)12-19(21-8-5-9-30-21)15-6-3-2-4-7-15/h2-4,6-7,10,14,19,21H,5,8-9,11-13H2,1H3,(H,25,26,28)/t19-,21+/m0/s1. The molecule has 2 aliphatic heterocycles. The summed E-state index contributed by atoms with van der Waals surface area (Å²) in [5.41, 5.74) is 3.56.